The van der Waals surface area contributed by atoms with Crippen molar-refractivity contribution in [1.29, 1.82) is 0 Å². The average Bonchev–Trinajstić information content (AvgIpc) is 2.51. The van der Waals surface area contributed by atoms with Gasteiger partial charge in [-0.1, -0.05) is 30.3 Å². The zero-order valence-corrected chi connectivity index (χ0v) is 17.5. The monoisotopic (exact) mass is 419 g/mol. The molecule has 1 saturated heterocycles. The number of hydrogen-bond acceptors (Lipinski definition) is 2. The summed E-state index contributed by atoms with van der Waals surface area (Å²) in [7, 11) is 0. The van der Waals surface area contributed by atoms with Gasteiger partial charge in [0.1, 0.15) is 5.75 Å². The van der Waals surface area contributed by atoms with Crippen LogP contribution in [0.1, 0.15) is 40.5 Å². The van der Waals surface area contributed by atoms with Crippen LogP contribution in [0.3, 0.4) is 0 Å². The molecule has 0 aromatic heterocycles. The summed E-state index contributed by atoms with van der Waals surface area (Å²) in [4.78, 5) is 12.4. The number of ether oxygens (including phenoxy) is 1. The fourth-order valence-electron chi connectivity index (χ4n) is 4.36. The number of piperidine rings is 1. The van der Waals surface area contributed by atoms with Gasteiger partial charge >= 0.3 is 0 Å². The van der Waals surface area contributed by atoms with Gasteiger partial charge in [-0.25, -0.2) is 0 Å². The molecule has 0 aliphatic carbocycles. The van der Waals surface area contributed by atoms with Crippen molar-refractivity contribution in [2.24, 2.45) is 0 Å². The number of fused-ring (bicyclic) bond motifs is 1. The Morgan fingerprint density at radius 3 is 2.50 bits per heavy atom. The number of rotatable bonds is 4. The highest BCUT2D eigenvalue weighted by Crippen LogP contribution is 2.33. The number of benzene rings is 2. The molecule has 1 aliphatic heterocycles. The van der Waals surface area contributed by atoms with Crippen LogP contribution in [0.4, 0.5) is 0 Å². The smallest absolute Gasteiger partial charge is 0.258 e. The summed E-state index contributed by atoms with van der Waals surface area (Å²) in [5.74, 6) is 0.625. The molecule has 140 valence electrons. The van der Waals surface area contributed by atoms with Crippen LogP contribution in [0.5, 0.6) is 5.75 Å². The molecule has 0 atom stereocenters. The second kappa shape index (κ2) is 7.20. The van der Waals surface area contributed by atoms with Crippen molar-refractivity contribution in [2.75, 3.05) is 6.61 Å². The van der Waals surface area contributed by atoms with Crippen molar-refractivity contribution in [3.05, 3.63) is 40.9 Å². The third-order valence-corrected chi connectivity index (χ3v) is 5.70. The Morgan fingerprint density at radius 2 is 1.81 bits per heavy atom. The van der Waals surface area contributed by atoms with Gasteiger partial charge in [0, 0.05) is 18.9 Å². The van der Waals surface area contributed by atoms with Crippen molar-refractivity contribution in [3.63, 3.8) is 0 Å². The van der Waals surface area contributed by atoms with Crippen LogP contribution in [0, 0.1) is 0 Å². The van der Waals surface area contributed by atoms with E-state index in [2.05, 4.69) is 60.3 Å². The lowest BCUT2D eigenvalue weighted by Crippen LogP contribution is -3.06. The fourth-order valence-corrected chi connectivity index (χ4v) is 4.97. The summed E-state index contributed by atoms with van der Waals surface area (Å²) < 4.78 is 6.67. The first-order valence-electron chi connectivity index (χ1n) is 9.12. The highest BCUT2D eigenvalue weighted by molar-refractivity contribution is 9.10. The van der Waals surface area contributed by atoms with Crippen LogP contribution in [0.2, 0.25) is 0 Å². The molecular formula is C21H28BrN2O2+. The predicted molar refractivity (Wildman–Crippen MR) is 108 cm³/mol. The van der Waals surface area contributed by atoms with Crippen LogP contribution in [-0.2, 0) is 4.79 Å². The lowest BCUT2D eigenvalue weighted by molar-refractivity contribution is -0.787. The Bertz CT molecular complexity index is 801. The number of halogens is 1. The van der Waals surface area contributed by atoms with Crippen molar-refractivity contribution < 1.29 is 14.8 Å². The third kappa shape index (κ3) is 4.57. The molecule has 0 bridgehead atoms. The van der Waals surface area contributed by atoms with Crippen molar-refractivity contribution in [2.45, 2.75) is 57.7 Å². The second-order valence-corrected chi connectivity index (χ2v) is 9.47. The quantitative estimate of drug-likeness (QED) is 0.797. The van der Waals surface area contributed by atoms with Crippen LogP contribution in [-0.4, -0.2) is 29.6 Å². The number of carbonyl (C=O) groups is 1. The van der Waals surface area contributed by atoms with Gasteiger partial charge in [-0.15, -0.1) is 0 Å². The molecular weight excluding hydrogens is 392 g/mol. The minimum absolute atomic E-state index is 0.0258. The van der Waals surface area contributed by atoms with E-state index in [1.807, 2.05) is 30.3 Å². The van der Waals surface area contributed by atoms with E-state index >= 15 is 0 Å². The largest absolute Gasteiger partial charge is 0.483 e. The molecule has 1 amide bonds. The lowest BCUT2D eigenvalue weighted by atomic mass is 9.79. The predicted octanol–water partition coefficient (Wildman–Crippen LogP) is 3.38. The molecule has 0 spiro atoms. The molecule has 0 unspecified atom stereocenters. The molecule has 2 aromatic rings. The SMILES string of the molecule is CC1(C)CC(NC(=O)COc2ccc3ccccc3c2Br)CC(C)(C)[NH2+]1. The van der Waals surface area contributed by atoms with E-state index in [1.165, 1.54) is 0 Å². The Labute approximate surface area is 163 Å². The van der Waals surface area contributed by atoms with Crippen molar-refractivity contribution in [3.8, 4) is 5.75 Å². The number of quaternary nitrogens is 1. The van der Waals surface area contributed by atoms with Gasteiger partial charge in [-0.05, 0) is 60.5 Å². The Kier molecular flexibility index (Phi) is 5.31. The summed E-state index contributed by atoms with van der Waals surface area (Å²) in [5.41, 5.74) is 0.254. The summed E-state index contributed by atoms with van der Waals surface area (Å²) in [6, 6.07) is 12.2. The first-order chi connectivity index (χ1) is 12.2. The van der Waals surface area contributed by atoms with Gasteiger partial charge in [-0.3, -0.25) is 4.79 Å². The molecule has 0 radical (unpaired) electrons. The molecule has 0 saturated carbocycles. The lowest BCUT2D eigenvalue weighted by Gasteiger charge is -2.43. The van der Waals surface area contributed by atoms with Crippen LogP contribution in [0.25, 0.3) is 10.8 Å². The first-order valence-corrected chi connectivity index (χ1v) is 9.91. The Hall–Kier alpha value is -1.59. The summed E-state index contributed by atoms with van der Waals surface area (Å²) in [6.45, 7) is 8.95. The second-order valence-electron chi connectivity index (χ2n) is 8.68. The Balaban J connectivity index is 1.62. The first kappa shape index (κ1) is 19.2. The molecule has 2 aromatic carbocycles. The maximum absolute atomic E-state index is 12.4. The van der Waals surface area contributed by atoms with Gasteiger partial charge < -0.3 is 15.4 Å². The van der Waals surface area contributed by atoms with Gasteiger partial charge in [0.05, 0.1) is 15.6 Å². The topological polar surface area (TPSA) is 54.9 Å². The molecule has 26 heavy (non-hydrogen) atoms. The van der Waals surface area contributed by atoms with E-state index in [9.17, 15) is 4.79 Å². The molecule has 1 fully saturated rings. The minimum Gasteiger partial charge on any atom is -0.483 e. The number of amides is 1. The molecule has 4 nitrogen and oxygen atoms in total. The van der Waals surface area contributed by atoms with Crippen molar-refractivity contribution in [1.82, 2.24) is 5.32 Å². The maximum Gasteiger partial charge on any atom is 0.258 e. The molecule has 3 N–H and O–H groups in total. The van der Waals surface area contributed by atoms with E-state index in [0.29, 0.717) is 5.75 Å². The summed E-state index contributed by atoms with van der Waals surface area (Å²) in [5, 5.41) is 7.78. The molecule has 5 heteroatoms. The van der Waals surface area contributed by atoms with Gasteiger partial charge in [0.15, 0.2) is 6.61 Å². The van der Waals surface area contributed by atoms with E-state index in [-0.39, 0.29) is 29.6 Å². The maximum atomic E-state index is 12.4. The zero-order chi connectivity index (χ0) is 18.9. The van der Waals surface area contributed by atoms with E-state index in [1.54, 1.807) is 0 Å². The summed E-state index contributed by atoms with van der Waals surface area (Å²) >= 11 is 3.60. The van der Waals surface area contributed by atoms with Gasteiger partial charge in [0.2, 0.25) is 0 Å². The highest BCUT2D eigenvalue weighted by Gasteiger charge is 2.42. The van der Waals surface area contributed by atoms with Crippen LogP contribution in [0.15, 0.2) is 40.9 Å². The van der Waals surface area contributed by atoms with E-state index < -0.39 is 0 Å². The molecule has 3 rings (SSSR count). The normalized spacial score (nSPS) is 19.3. The number of nitrogens with two attached hydrogens (primary N) is 1. The minimum atomic E-state index is -0.0661. The average molecular weight is 420 g/mol. The van der Waals surface area contributed by atoms with E-state index in [4.69, 9.17) is 4.74 Å². The highest BCUT2D eigenvalue weighted by atomic mass is 79.9. The fraction of sp³-hybridized carbons (Fsp3) is 0.476. The molecule has 1 heterocycles. The zero-order valence-electron chi connectivity index (χ0n) is 15.9. The number of carbonyl (C=O) groups excluding carboxylic acids is 1. The molecule has 1 aliphatic rings. The van der Waals surface area contributed by atoms with Crippen LogP contribution >= 0.6 is 15.9 Å². The third-order valence-electron chi connectivity index (χ3n) is 4.88. The van der Waals surface area contributed by atoms with E-state index in [0.717, 1.165) is 28.1 Å². The standard InChI is InChI=1S/C21H27BrN2O2/c1-20(2)11-15(12-21(3,4)24-20)23-18(25)13-26-17-10-9-14-7-5-6-8-16(14)19(17)22/h5-10,15,24H,11-13H2,1-4H3,(H,23,25)/p+1. The number of nitrogens with one attached hydrogen (secondary N) is 1. The van der Waals surface area contributed by atoms with Crippen molar-refractivity contribution >= 4 is 32.6 Å². The van der Waals surface area contributed by atoms with Crippen LogP contribution < -0.4 is 15.4 Å². The Morgan fingerprint density at radius 1 is 1.15 bits per heavy atom. The van der Waals surface area contributed by atoms with Gasteiger partial charge in [0.25, 0.3) is 5.91 Å². The van der Waals surface area contributed by atoms with Gasteiger partial charge in [-0.2, -0.15) is 0 Å². The summed E-state index contributed by atoms with van der Waals surface area (Å²) in [6.07, 6.45) is 1.92. The number of hydrogen-bond donors (Lipinski definition) is 2.